The van der Waals surface area contributed by atoms with Crippen molar-refractivity contribution in [2.24, 2.45) is 5.92 Å². The number of aromatic nitrogens is 3. The number of ether oxygens (including phenoxy) is 1. The van der Waals surface area contributed by atoms with Crippen LogP contribution in [0.25, 0.3) is 0 Å². The number of rotatable bonds is 2. The highest BCUT2D eigenvalue weighted by molar-refractivity contribution is 5.74. The van der Waals surface area contributed by atoms with Crippen LogP contribution >= 0.6 is 0 Å². The van der Waals surface area contributed by atoms with Gasteiger partial charge in [0.25, 0.3) is 0 Å². The van der Waals surface area contributed by atoms with Crippen molar-refractivity contribution < 1.29 is 13.9 Å². The molecule has 0 N–H and O–H groups in total. The summed E-state index contributed by atoms with van der Waals surface area (Å²) in [5.41, 5.74) is 0. The molecular weight excluding hydrogens is 246 g/mol. The summed E-state index contributed by atoms with van der Waals surface area (Å²) in [7, 11) is 0. The number of hydrogen-bond acceptors (Lipinski definition) is 6. The van der Waals surface area contributed by atoms with Gasteiger partial charge >= 0.3 is 5.97 Å². The van der Waals surface area contributed by atoms with Gasteiger partial charge in [-0.15, -0.1) is 0 Å². The minimum atomic E-state index is -0.347. The highest BCUT2D eigenvalue weighted by Crippen LogP contribution is 2.08. The largest absolute Gasteiger partial charge is 0.469 e. The van der Waals surface area contributed by atoms with E-state index in [-0.39, 0.29) is 17.6 Å². The number of nitrogens with zero attached hydrogens (tertiary/aromatic N) is 3. The summed E-state index contributed by atoms with van der Waals surface area (Å²) in [6, 6.07) is 3.06. The lowest BCUT2D eigenvalue weighted by Gasteiger charge is -2.03. The van der Waals surface area contributed by atoms with Crippen molar-refractivity contribution in [2.75, 3.05) is 0 Å². The number of carbonyl (C=O) groups is 1. The van der Waals surface area contributed by atoms with Gasteiger partial charge in [0.15, 0.2) is 5.75 Å². The third-order valence-electron chi connectivity index (χ3n) is 1.79. The van der Waals surface area contributed by atoms with E-state index in [4.69, 9.17) is 9.15 Å². The van der Waals surface area contributed by atoms with E-state index in [1.165, 1.54) is 43.4 Å². The van der Waals surface area contributed by atoms with E-state index in [1.807, 2.05) is 0 Å². The fourth-order valence-corrected chi connectivity index (χ4v) is 0.868. The molecule has 0 atom stereocenters. The summed E-state index contributed by atoms with van der Waals surface area (Å²) in [4.78, 5) is 15.4. The van der Waals surface area contributed by atoms with Gasteiger partial charge < -0.3 is 9.15 Å². The lowest BCUT2D eigenvalue weighted by atomic mass is 10.2. The van der Waals surface area contributed by atoms with Crippen LogP contribution < -0.4 is 4.74 Å². The summed E-state index contributed by atoms with van der Waals surface area (Å²) >= 11 is 0. The van der Waals surface area contributed by atoms with Crippen LogP contribution in [0.2, 0.25) is 0 Å². The van der Waals surface area contributed by atoms with Gasteiger partial charge in [-0.25, -0.2) is 0 Å². The van der Waals surface area contributed by atoms with Crippen LogP contribution in [0, 0.1) is 5.92 Å². The van der Waals surface area contributed by atoms with Gasteiger partial charge in [0.2, 0.25) is 0 Å². The molecule has 0 unspecified atom stereocenters. The monoisotopic (exact) mass is 261 g/mol. The Balaban J connectivity index is 3.08. The second-order valence-electron chi connectivity index (χ2n) is 3.70. The lowest BCUT2D eigenvalue weighted by molar-refractivity contribution is -0.137. The standard InChI is InChI=1S/C13H15N3O3/c1-11(2)13(17)19-12-4-6-14-7-8-16-15-5-3-9-18-10-12/h3-11H,1-2H3. The zero-order chi connectivity index (χ0) is 13.9. The minimum Gasteiger partial charge on any atom is -0.469 e. The Morgan fingerprint density at radius 2 is 2.00 bits per heavy atom. The minimum absolute atomic E-state index is 0.225. The topological polar surface area (TPSA) is 78.1 Å². The van der Waals surface area contributed by atoms with Crippen molar-refractivity contribution >= 4 is 5.97 Å². The molecule has 0 spiro atoms. The maximum atomic E-state index is 11.5. The van der Waals surface area contributed by atoms with Crippen LogP contribution in [0.3, 0.4) is 0 Å². The molecule has 0 aliphatic rings. The van der Waals surface area contributed by atoms with Gasteiger partial charge in [0, 0.05) is 18.5 Å². The summed E-state index contributed by atoms with van der Waals surface area (Å²) in [5.74, 6) is -0.314. The molecule has 0 amide bonds. The van der Waals surface area contributed by atoms with Crippen LogP contribution in [-0.4, -0.2) is 21.2 Å². The predicted octanol–water partition coefficient (Wildman–Crippen LogP) is 2.27. The van der Waals surface area contributed by atoms with Crippen molar-refractivity contribution in [2.45, 2.75) is 13.8 Å². The zero-order valence-electron chi connectivity index (χ0n) is 10.8. The lowest BCUT2D eigenvalue weighted by Crippen LogP contribution is -2.14. The third-order valence-corrected chi connectivity index (χ3v) is 1.79. The second-order valence-corrected chi connectivity index (χ2v) is 3.70. The van der Waals surface area contributed by atoms with Crippen molar-refractivity contribution in [3.8, 4) is 5.75 Å². The van der Waals surface area contributed by atoms with Gasteiger partial charge in [-0.3, -0.25) is 9.78 Å². The van der Waals surface area contributed by atoms with Gasteiger partial charge in [0.1, 0.15) is 6.26 Å². The molecule has 0 aliphatic heterocycles. The Hall–Kier alpha value is -2.50. The quantitative estimate of drug-likeness (QED) is 0.760. The maximum Gasteiger partial charge on any atom is 0.313 e. The van der Waals surface area contributed by atoms with Crippen LogP contribution in [0.5, 0.6) is 5.75 Å². The molecule has 0 saturated carbocycles. The van der Waals surface area contributed by atoms with Gasteiger partial charge in [-0.05, 0) is 6.07 Å². The first-order chi connectivity index (χ1) is 9.20. The Morgan fingerprint density at radius 1 is 1.21 bits per heavy atom. The normalized spacial score (nSPS) is 9.21. The van der Waals surface area contributed by atoms with E-state index < -0.39 is 0 Å². The van der Waals surface area contributed by atoms with E-state index in [0.29, 0.717) is 0 Å². The molecular formula is C13H15N3O3. The smallest absolute Gasteiger partial charge is 0.313 e. The number of carbonyl (C=O) groups excluding carboxylic acids is 1. The molecule has 6 nitrogen and oxygen atoms in total. The highest BCUT2D eigenvalue weighted by atomic mass is 16.5. The molecule has 100 valence electrons. The van der Waals surface area contributed by atoms with Crippen molar-refractivity contribution in [3.63, 3.8) is 0 Å². The van der Waals surface area contributed by atoms with Gasteiger partial charge in [0.05, 0.1) is 24.6 Å². The third kappa shape index (κ3) is 6.72. The highest BCUT2D eigenvalue weighted by Gasteiger charge is 2.08. The molecule has 0 radical (unpaired) electrons. The molecule has 19 heavy (non-hydrogen) atoms. The average molecular weight is 261 g/mol. The van der Waals surface area contributed by atoms with Crippen molar-refractivity contribution in [3.05, 3.63) is 49.4 Å². The molecule has 1 heterocycles. The Kier molecular flexibility index (Phi) is 6.57. The molecule has 1 rings (SSSR count). The first-order valence-electron chi connectivity index (χ1n) is 5.67. The molecule has 0 aromatic carbocycles. The predicted molar refractivity (Wildman–Crippen MR) is 67.8 cm³/mol. The molecule has 0 bridgehead atoms. The Bertz CT molecular complexity index is 477. The average Bonchev–Trinajstić information content (AvgIpc) is 2.40. The van der Waals surface area contributed by atoms with Crippen LogP contribution in [-0.2, 0) is 4.79 Å². The summed E-state index contributed by atoms with van der Waals surface area (Å²) in [6.07, 6.45) is 8.47. The van der Waals surface area contributed by atoms with Crippen molar-refractivity contribution in [1.29, 1.82) is 0 Å². The Morgan fingerprint density at radius 3 is 2.79 bits per heavy atom. The Labute approximate surface area is 111 Å². The van der Waals surface area contributed by atoms with Crippen LogP contribution in [0.15, 0.2) is 53.9 Å². The summed E-state index contributed by atoms with van der Waals surface area (Å²) < 4.78 is 10.2. The second kappa shape index (κ2) is 8.57. The number of esters is 1. The van der Waals surface area contributed by atoms with Crippen molar-refractivity contribution in [1.82, 2.24) is 15.2 Å². The number of hydrogen-bond donors (Lipinski definition) is 0. The van der Waals surface area contributed by atoms with E-state index in [0.717, 1.165) is 0 Å². The van der Waals surface area contributed by atoms with Gasteiger partial charge in [-0.2, -0.15) is 10.2 Å². The SMILES string of the molecule is CC(C)C(=O)Oc1ccnccnncccoc1. The molecule has 0 aliphatic carbocycles. The van der Waals surface area contributed by atoms with E-state index in [9.17, 15) is 4.79 Å². The summed E-state index contributed by atoms with van der Waals surface area (Å²) in [5, 5.41) is 7.36. The first-order valence-corrected chi connectivity index (χ1v) is 5.67. The molecule has 0 saturated heterocycles. The van der Waals surface area contributed by atoms with Crippen LogP contribution in [0.4, 0.5) is 0 Å². The fourth-order valence-electron chi connectivity index (χ4n) is 0.868. The first kappa shape index (κ1) is 14.6. The zero-order valence-corrected chi connectivity index (χ0v) is 10.8. The fraction of sp³-hybridized carbons (Fsp3) is 0.231. The molecule has 1 aromatic rings. The molecule has 6 heteroatoms. The van der Waals surface area contributed by atoms with E-state index in [1.54, 1.807) is 19.9 Å². The molecule has 0 fully saturated rings. The molecule has 1 aromatic heterocycles. The van der Waals surface area contributed by atoms with E-state index in [2.05, 4.69) is 15.2 Å². The van der Waals surface area contributed by atoms with E-state index >= 15 is 0 Å². The maximum absolute atomic E-state index is 11.5. The van der Waals surface area contributed by atoms with Crippen LogP contribution in [0.1, 0.15) is 13.8 Å². The van der Waals surface area contributed by atoms with Gasteiger partial charge in [-0.1, -0.05) is 13.8 Å². The summed E-state index contributed by atoms with van der Waals surface area (Å²) in [6.45, 7) is 3.50.